The van der Waals surface area contributed by atoms with E-state index in [0.717, 1.165) is 5.56 Å². The van der Waals surface area contributed by atoms with Gasteiger partial charge in [0, 0.05) is 5.56 Å². The predicted molar refractivity (Wildman–Crippen MR) is 72.8 cm³/mol. The molecule has 0 heterocycles. The fourth-order valence-corrected chi connectivity index (χ4v) is 1.87. The van der Waals surface area contributed by atoms with Crippen LogP contribution in [0.4, 0.5) is 4.39 Å². The molecule has 100 valence electrons. The molecule has 1 atom stereocenters. The van der Waals surface area contributed by atoms with Crippen LogP contribution in [0.15, 0.2) is 42.5 Å². The maximum absolute atomic E-state index is 13.3. The molecule has 19 heavy (non-hydrogen) atoms. The van der Waals surface area contributed by atoms with E-state index in [4.69, 9.17) is 16.3 Å². The lowest BCUT2D eigenvalue weighted by Gasteiger charge is -2.10. The fourth-order valence-electron chi connectivity index (χ4n) is 1.69. The van der Waals surface area contributed by atoms with E-state index in [9.17, 15) is 9.50 Å². The maximum Gasteiger partial charge on any atom is 0.142 e. The highest BCUT2D eigenvalue weighted by Crippen LogP contribution is 2.23. The second kappa shape index (κ2) is 6.04. The summed E-state index contributed by atoms with van der Waals surface area (Å²) < 4.78 is 18.8. The van der Waals surface area contributed by atoms with E-state index in [2.05, 4.69) is 0 Å². The van der Waals surface area contributed by atoms with Gasteiger partial charge in [-0.15, -0.1) is 0 Å². The molecule has 0 unspecified atom stereocenters. The predicted octanol–water partition coefficient (Wildman–Crippen LogP) is 4.11. The molecule has 0 aliphatic carbocycles. The first-order valence-electron chi connectivity index (χ1n) is 5.91. The van der Waals surface area contributed by atoms with Crippen LogP contribution in [0.3, 0.4) is 0 Å². The molecule has 1 N–H and O–H groups in total. The SMILES string of the molecule is C[C@H](O)c1cccc(OCc2cccc(F)c2Cl)c1. The van der Waals surface area contributed by atoms with Gasteiger partial charge in [0.2, 0.25) is 0 Å². The highest BCUT2D eigenvalue weighted by Gasteiger charge is 2.07. The lowest BCUT2D eigenvalue weighted by Crippen LogP contribution is -1.98. The summed E-state index contributed by atoms with van der Waals surface area (Å²) in [6, 6.07) is 11.7. The van der Waals surface area contributed by atoms with Gasteiger partial charge in [-0.3, -0.25) is 0 Å². The lowest BCUT2D eigenvalue weighted by molar-refractivity contribution is 0.198. The normalized spacial score (nSPS) is 12.2. The molecule has 2 rings (SSSR count). The zero-order valence-corrected chi connectivity index (χ0v) is 11.2. The van der Waals surface area contributed by atoms with Gasteiger partial charge in [-0.2, -0.15) is 0 Å². The Morgan fingerprint density at radius 2 is 2.00 bits per heavy atom. The van der Waals surface area contributed by atoms with Crippen LogP contribution in [0.5, 0.6) is 5.75 Å². The van der Waals surface area contributed by atoms with E-state index in [1.165, 1.54) is 6.07 Å². The average molecular weight is 281 g/mol. The van der Waals surface area contributed by atoms with Crippen LogP contribution in [-0.2, 0) is 6.61 Å². The summed E-state index contributed by atoms with van der Waals surface area (Å²) in [5, 5.41) is 9.57. The molecule has 2 aromatic rings. The Morgan fingerprint density at radius 3 is 2.74 bits per heavy atom. The third-order valence-electron chi connectivity index (χ3n) is 2.77. The summed E-state index contributed by atoms with van der Waals surface area (Å²) in [7, 11) is 0. The van der Waals surface area contributed by atoms with Gasteiger partial charge < -0.3 is 9.84 Å². The first kappa shape index (κ1) is 13.8. The number of hydrogen-bond donors (Lipinski definition) is 1. The second-order valence-corrected chi connectivity index (χ2v) is 4.63. The number of rotatable bonds is 4. The Bertz CT molecular complexity index is 570. The van der Waals surface area contributed by atoms with Crippen LogP contribution in [0.25, 0.3) is 0 Å². The van der Waals surface area contributed by atoms with E-state index < -0.39 is 11.9 Å². The Morgan fingerprint density at radius 1 is 1.26 bits per heavy atom. The van der Waals surface area contributed by atoms with Crippen LogP contribution in [0, 0.1) is 5.82 Å². The van der Waals surface area contributed by atoms with Gasteiger partial charge in [0.1, 0.15) is 18.2 Å². The molecule has 2 aromatic carbocycles. The minimum Gasteiger partial charge on any atom is -0.489 e. The van der Waals surface area contributed by atoms with Crippen molar-refractivity contribution in [2.45, 2.75) is 19.6 Å². The minimum atomic E-state index is -0.554. The van der Waals surface area contributed by atoms with Crippen LogP contribution >= 0.6 is 11.6 Å². The Hall–Kier alpha value is -1.58. The molecular weight excluding hydrogens is 267 g/mol. The molecular formula is C15H14ClFO2. The summed E-state index contributed by atoms with van der Waals surface area (Å²) in [5.74, 6) is 0.152. The van der Waals surface area contributed by atoms with Gasteiger partial charge in [-0.05, 0) is 30.7 Å². The van der Waals surface area contributed by atoms with Crippen LogP contribution in [0.1, 0.15) is 24.2 Å². The van der Waals surface area contributed by atoms with E-state index in [0.29, 0.717) is 11.3 Å². The Balaban J connectivity index is 2.10. The van der Waals surface area contributed by atoms with E-state index in [1.807, 2.05) is 6.07 Å². The van der Waals surface area contributed by atoms with Crippen molar-refractivity contribution in [1.29, 1.82) is 0 Å². The molecule has 0 spiro atoms. The number of aliphatic hydroxyl groups excluding tert-OH is 1. The minimum absolute atomic E-state index is 0.0779. The van der Waals surface area contributed by atoms with Crippen LogP contribution in [0.2, 0.25) is 5.02 Å². The summed E-state index contributed by atoms with van der Waals surface area (Å²) in [6.07, 6.45) is -0.554. The molecule has 0 radical (unpaired) electrons. The molecule has 0 saturated carbocycles. The standard InChI is InChI=1S/C15H14ClFO2/c1-10(18)11-4-2-6-13(8-11)19-9-12-5-3-7-14(17)15(12)16/h2-8,10,18H,9H2,1H3/t10-/m0/s1. The third kappa shape index (κ3) is 3.46. The van der Waals surface area contributed by atoms with Gasteiger partial charge in [0.15, 0.2) is 0 Å². The van der Waals surface area contributed by atoms with E-state index in [1.54, 1.807) is 37.3 Å². The number of halogens is 2. The van der Waals surface area contributed by atoms with Gasteiger partial charge in [0.05, 0.1) is 11.1 Å². The molecule has 0 bridgehead atoms. The van der Waals surface area contributed by atoms with Crippen molar-refractivity contribution in [3.05, 3.63) is 64.4 Å². The van der Waals surface area contributed by atoms with Crippen molar-refractivity contribution in [3.63, 3.8) is 0 Å². The van der Waals surface area contributed by atoms with Gasteiger partial charge in [-0.1, -0.05) is 35.9 Å². The molecule has 0 saturated heterocycles. The van der Waals surface area contributed by atoms with E-state index in [-0.39, 0.29) is 11.6 Å². The topological polar surface area (TPSA) is 29.5 Å². The quantitative estimate of drug-likeness (QED) is 0.913. The van der Waals surface area contributed by atoms with Gasteiger partial charge in [-0.25, -0.2) is 4.39 Å². The van der Waals surface area contributed by atoms with Crippen molar-refractivity contribution in [2.75, 3.05) is 0 Å². The Kier molecular flexibility index (Phi) is 4.40. The first-order valence-corrected chi connectivity index (χ1v) is 6.29. The summed E-state index contributed by atoms with van der Waals surface area (Å²) in [5.41, 5.74) is 1.35. The monoisotopic (exact) mass is 280 g/mol. The molecule has 0 aliphatic heterocycles. The van der Waals surface area contributed by atoms with Crippen molar-refractivity contribution in [1.82, 2.24) is 0 Å². The van der Waals surface area contributed by atoms with Gasteiger partial charge >= 0.3 is 0 Å². The van der Waals surface area contributed by atoms with Crippen LogP contribution in [-0.4, -0.2) is 5.11 Å². The highest BCUT2D eigenvalue weighted by molar-refractivity contribution is 6.31. The highest BCUT2D eigenvalue weighted by atomic mass is 35.5. The van der Waals surface area contributed by atoms with Crippen molar-refractivity contribution < 1.29 is 14.2 Å². The zero-order valence-electron chi connectivity index (χ0n) is 10.4. The molecule has 0 aromatic heterocycles. The lowest BCUT2D eigenvalue weighted by atomic mass is 10.1. The maximum atomic E-state index is 13.3. The van der Waals surface area contributed by atoms with Crippen molar-refractivity contribution >= 4 is 11.6 Å². The first-order chi connectivity index (χ1) is 9.08. The molecule has 4 heteroatoms. The van der Waals surface area contributed by atoms with Crippen molar-refractivity contribution in [3.8, 4) is 5.75 Å². The fraction of sp³-hybridized carbons (Fsp3) is 0.200. The summed E-state index contributed by atoms with van der Waals surface area (Å²) in [6.45, 7) is 1.86. The molecule has 2 nitrogen and oxygen atoms in total. The molecule has 0 amide bonds. The Labute approximate surface area is 116 Å². The third-order valence-corrected chi connectivity index (χ3v) is 3.19. The van der Waals surface area contributed by atoms with Gasteiger partial charge in [0.25, 0.3) is 0 Å². The average Bonchev–Trinajstić information content (AvgIpc) is 2.41. The second-order valence-electron chi connectivity index (χ2n) is 4.25. The number of benzene rings is 2. The molecule has 0 aliphatic rings. The smallest absolute Gasteiger partial charge is 0.142 e. The number of ether oxygens (including phenoxy) is 1. The van der Waals surface area contributed by atoms with E-state index >= 15 is 0 Å². The molecule has 0 fully saturated rings. The number of aliphatic hydroxyl groups is 1. The van der Waals surface area contributed by atoms with Crippen molar-refractivity contribution in [2.24, 2.45) is 0 Å². The summed E-state index contributed by atoms with van der Waals surface area (Å²) >= 11 is 5.85. The largest absolute Gasteiger partial charge is 0.489 e. The zero-order chi connectivity index (χ0) is 13.8. The van der Waals surface area contributed by atoms with Crippen LogP contribution < -0.4 is 4.74 Å². The summed E-state index contributed by atoms with van der Waals surface area (Å²) in [4.78, 5) is 0. The number of hydrogen-bond acceptors (Lipinski definition) is 2.